The summed E-state index contributed by atoms with van der Waals surface area (Å²) in [6.45, 7) is 4.23. The molecule has 0 aliphatic heterocycles. The fraction of sp³-hybridized carbons (Fsp3) is 1.00. The van der Waals surface area contributed by atoms with Crippen LogP contribution in [0.4, 0.5) is 0 Å². The molecule has 0 fully saturated rings. The summed E-state index contributed by atoms with van der Waals surface area (Å²) < 4.78 is 25.9. The average Bonchev–Trinajstić information content (AvgIpc) is 2.37. The topological polar surface area (TPSA) is 49.0 Å². The SMILES string of the molecule is CCC[Si](N[Si](CCC)(OC)OC)(OC)OC. The monoisotopic (exact) mass is 281 g/mol. The van der Waals surface area contributed by atoms with Crippen molar-refractivity contribution in [1.82, 2.24) is 4.65 Å². The molecule has 0 saturated carbocycles. The molecule has 0 amide bonds. The number of hydrogen-bond acceptors (Lipinski definition) is 5. The molecular formula is C10H27NO4Si2. The molecule has 0 aromatic heterocycles. The predicted octanol–water partition coefficient (Wildman–Crippen LogP) is 1.86. The van der Waals surface area contributed by atoms with Gasteiger partial charge in [-0.1, -0.05) is 26.7 Å². The Balaban J connectivity index is 4.89. The Hall–Kier alpha value is 0.234. The summed E-state index contributed by atoms with van der Waals surface area (Å²) >= 11 is 0. The molecule has 17 heavy (non-hydrogen) atoms. The fourth-order valence-corrected chi connectivity index (χ4v) is 9.27. The molecule has 0 bridgehead atoms. The first-order valence-corrected chi connectivity index (χ1v) is 10.1. The van der Waals surface area contributed by atoms with Crippen LogP contribution >= 0.6 is 0 Å². The molecule has 0 rings (SSSR count). The van der Waals surface area contributed by atoms with Gasteiger partial charge in [0.05, 0.1) is 0 Å². The Morgan fingerprint density at radius 1 is 0.706 bits per heavy atom. The van der Waals surface area contributed by atoms with Gasteiger partial charge in [-0.2, -0.15) is 0 Å². The smallest absolute Gasteiger partial charge is 0.386 e. The van der Waals surface area contributed by atoms with Crippen molar-refractivity contribution in [2.45, 2.75) is 38.8 Å². The fourth-order valence-electron chi connectivity index (χ4n) is 1.85. The van der Waals surface area contributed by atoms with Crippen LogP contribution in [0.5, 0.6) is 0 Å². The molecule has 0 aromatic carbocycles. The van der Waals surface area contributed by atoms with E-state index in [1.54, 1.807) is 28.4 Å². The first-order valence-electron chi connectivity index (χ1n) is 6.07. The van der Waals surface area contributed by atoms with Crippen LogP contribution in [-0.4, -0.2) is 45.9 Å². The molecule has 0 aliphatic carbocycles. The van der Waals surface area contributed by atoms with Crippen LogP contribution in [0.15, 0.2) is 0 Å². The summed E-state index contributed by atoms with van der Waals surface area (Å²) in [5, 5.41) is 0. The Kier molecular flexibility index (Phi) is 8.47. The second-order valence-electron chi connectivity index (χ2n) is 3.95. The Morgan fingerprint density at radius 3 is 1.18 bits per heavy atom. The van der Waals surface area contributed by atoms with Gasteiger partial charge in [0.25, 0.3) is 0 Å². The third-order valence-corrected chi connectivity index (χ3v) is 10.9. The zero-order valence-electron chi connectivity index (χ0n) is 12.0. The quantitative estimate of drug-likeness (QED) is 0.619. The molecule has 0 aliphatic rings. The van der Waals surface area contributed by atoms with Crippen molar-refractivity contribution in [1.29, 1.82) is 0 Å². The van der Waals surface area contributed by atoms with Crippen LogP contribution in [0.25, 0.3) is 0 Å². The van der Waals surface area contributed by atoms with Gasteiger partial charge in [0.2, 0.25) is 0 Å². The van der Waals surface area contributed by atoms with Crippen LogP contribution in [0.1, 0.15) is 26.7 Å². The van der Waals surface area contributed by atoms with Gasteiger partial charge >= 0.3 is 17.4 Å². The van der Waals surface area contributed by atoms with E-state index in [9.17, 15) is 0 Å². The molecule has 0 radical (unpaired) electrons. The van der Waals surface area contributed by atoms with E-state index < -0.39 is 17.4 Å². The third kappa shape index (κ3) is 4.78. The van der Waals surface area contributed by atoms with Gasteiger partial charge in [-0.05, 0) is 0 Å². The lowest BCUT2D eigenvalue weighted by Crippen LogP contribution is -2.69. The van der Waals surface area contributed by atoms with Crippen LogP contribution in [0.2, 0.25) is 12.1 Å². The van der Waals surface area contributed by atoms with Crippen molar-refractivity contribution in [2.75, 3.05) is 28.4 Å². The lowest BCUT2D eigenvalue weighted by molar-refractivity contribution is 0.199. The molecule has 0 spiro atoms. The van der Waals surface area contributed by atoms with E-state index in [2.05, 4.69) is 18.5 Å². The number of rotatable bonds is 10. The van der Waals surface area contributed by atoms with E-state index in [0.29, 0.717) is 0 Å². The van der Waals surface area contributed by atoms with Gasteiger partial charge in [0.1, 0.15) is 0 Å². The predicted molar refractivity (Wildman–Crippen MR) is 72.9 cm³/mol. The zero-order chi connectivity index (χ0) is 13.4. The van der Waals surface area contributed by atoms with Gasteiger partial charge in [-0.15, -0.1) is 0 Å². The van der Waals surface area contributed by atoms with Crippen molar-refractivity contribution >= 4 is 17.4 Å². The highest BCUT2D eigenvalue weighted by atomic mass is 28.4. The van der Waals surface area contributed by atoms with Crippen molar-refractivity contribution in [3.05, 3.63) is 0 Å². The van der Waals surface area contributed by atoms with Crippen LogP contribution in [-0.2, 0) is 17.7 Å². The summed E-state index contributed by atoms with van der Waals surface area (Å²) in [5.41, 5.74) is 0. The summed E-state index contributed by atoms with van der Waals surface area (Å²) in [5.74, 6) is 0. The van der Waals surface area contributed by atoms with Gasteiger partial charge in [-0.25, -0.2) is 0 Å². The van der Waals surface area contributed by atoms with Gasteiger partial charge < -0.3 is 17.7 Å². The minimum Gasteiger partial charge on any atom is -0.386 e. The van der Waals surface area contributed by atoms with Crippen LogP contribution < -0.4 is 4.65 Å². The Bertz CT molecular complexity index is 179. The van der Waals surface area contributed by atoms with E-state index in [1.165, 1.54) is 0 Å². The zero-order valence-corrected chi connectivity index (χ0v) is 14.0. The molecule has 1 N–H and O–H groups in total. The van der Waals surface area contributed by atoms with Crippen molar-refractivity contribution in [3.8, 4) is 0 Å². The molecule has 0 aromatic rings. The molecule has 0 saturated heterocycles. The summed E-state index contributed by atoms with van der Waals surface area (Å²) in [6, 6.07) is 1.76. The standard InChI is InChI=1S/C10H27NO4Si2/c1-7-9-16(12-3,13-4)11-17(14-5,15-6)10-8-2/h11H,7-10H2,1-6H3. The largest absolute Gasteiger partial charge is 0.421 e. The molecule has 0 unspecified atom stereocenters. The van der Waals surface area contributed by atoms with Crippen LogP contribution in [0.3, 0.4) is 0 Å². The Labute approximate surface area is 107 Å². The lowest BCUT2D eigenvalue weighted by Gasteiger charge is -2.36. The highest BCUT2D eigenvalue weighted by molar-refractivity contribution is 6.81. The summed E-state index contributed by atoms with van der Waals surface area (Å²) in [4.78, 5) is 0. The summed E-state index contributed by atoms with van der Waals surface area (Å²) in [7, 11) is 1.96. The summed E-state index contributed by atoms with van der Waals surface area (Å²) in [6.07, 6.45) is 2.01. The van der Waals surface area contributed by atoms with E-state index in [4.69, 9.17) is 17.7 Å². The average molecular weight is 282 g/mol. The van der Waals surface area contributed by atoms with E-state index in [1.807, 2.05) is 0 Å². The maximum atomic E-state index is 5.61. The molecule has 0 atom stereocenters. The maximum Gasteiger partial charge on any atom is 0.421 e. The van der Waals surface area contributed by atoms with E-state index >= 15 is 0 Å². The maximum absolute atomic E-state index is 5.61. The third-order valence-electron chi connectivity index (χ3n) is 2.86. The molecule has 7 heteroatoms. The van der Waals surface area contributed by atoms with Crippen molar-refractivity contribution in [3.63, 3.8) is 0 Å². The minimum atomic E-state index is -2.40. The second-order valence-corrected chi connectivity index (χ2v) is 10.6. The molecule has 5 nitrogen and oxygen atoms in total. The van der Waals surface area contributed by atoms with E-state index in [0.717, 1.165) is 24.9 Å². The number of nitrogens with one attached hydrogen (secondary N) is 1. The lowest BCUT2D eigenvalue weighted by atomic mass is 10.6. The first-order chi connectivity index (χ1) is 8.07. The van der Waals surface area contributed by atoms with Crippen molar-refractivity contribution < 1.29 is 17.7 Å². The molecule has 104 valence electrons. The number of hydrogen-bond donors (Lipinski definition) is 1. The minimum absolute atomic E-state index is 0.880. The van der Waals surface area contributed by atoms with E-state index in [-0.39, 0.29) is 0 Å². The van der Waals surface area contributed by atoms with Crippen molar-refractivity contribution in [2.24, 2.45) is 0 Å². The van der Waals surface area contributed by atoms with Gasteiger partial charge in [-0.3, -0.25) is 4.65 Å². The van der Waals surface area contributed by atoms with Crippen LogP contribution in [0, 0.1) is 0 Å². The van der Waals surface area contributed by atoms with Gasteiger partial charge in [0.15, 0.2) is 0 Å². The molecule has 0 heterocycles. The Morgan fingerprint density at radius 2 is 1.00 bits per heavy atom. The first kappa shape index (κ1) is 17.2. The normalized spacial score (nSPS) is 13.1. The second kappa shape index (κ2) is 8.36. The highest BCUT2D eigenvalue weighted by Gasteiger charge is 2.48. The molecular weight excluding hydrogens is 254 g/mol. The van der Waals surface area contributed by atoms with Gasteiger partial charge in [0, 0.05) is 40.5 Å². The highest BCUT2D eigenvalue weighted by Crippen LogP contribution is 2.18.